The van der Waals surface area contributed by atoms with Gasteiger partial charge in [0.2, 0.25) is 0 Å². The Hall–Kier alpha value is -1.53. The number of para-hydroxylation sites is 2. The first-order valence-electron chi connectivity index (χ1n) is 7.47. The molecule has 0 aliphatic heterocycles. The van der Waals surface area contributed by atoms with Crippen LogP contribution in [0.1, 0.15) is 44.0 Å². The van der Waals surface area contributed by atoms with Gasteiger partial charge >= 0.3 is 0 Å². The van der Waals surface area contributed by atoms with Crippen LogP contribution in [-0.4, -0.2) is 28.7 Å². The molecule has 1 N–H and O–H groups in total. The van der Waals surface area contributed by atoms with E-state index < -0.39 is 15.5 Å². The summed E-state index contributed by atoms with van der Waals surface area (Å²) in [4.78, 5) is 9.52. The molecule has 6 heteroatoms. The van der Waals surface area contributed by atoms with Crippen LogP contribution in [0.25, 0.3) is 11.0 Å². The molecule has 0 radical (unpaired) electrons. The Morgan fingerprint density at radius 2 is 1.86 bits per heavy atom. The van der Waals surface area contributed by atoms with E-state index in [4.69, 9.17) is 9.97 Å². The summed E-state index contributed by atoms with van der Waals surface area (Å²) < 4.78 is 32.8. The molecule has 2 aromatic rings. The molecule has 1 aromatic heterocycles. The molecule has 0 saturated heterocycles. The Bertz CT molecular complexity index is 891. The Morgan fingerprint density at radius 3 is 2.50 bits per heavy atom. The van der Waals surface area contributed by atoms with E-state index in [2.05, 4.69) is 13.8 Å². The molecule has 116 valence electrons. The van der Waals surface area contributed by atoms with E-state index in [-0.39, 0.29) is 17.1 Å². The summed E-state index contributed by atoms with van der Waals surface area (Å²) in [7, 11) is -4.09. The van der Waals surface area contributed by atoms with Crippen molar-refractivity contribution in [2.75, 3.05) is 5.75 Å². The highest BCUT2D eigenvalue weighted by molar-refractivity contribution is 7.85. The van der Waals surface area contributed by atoms with E-state index in [9.17, 15) is 13.0 Å². The standard InChI is InChI=1S/C16H18N2O3S/c1-15(2)10-7-8-16(15,9-22(19,20)21)14-13(10)17-11-5-3-4-6-12(11)18-14/h3-6,10H,7-9H2,1-2H3,(H,19,20,21)/t10-,16-/m0/s1. The van der Waals surface area contributed by atoms with Crippen LogP contribution in [-0.2, 0) is 15.5 Å². The van der Waals surface area contributed by atoms with E-state index in [0.717, 1.165) is 35.3 Å². The third-order valence-corrected chi connectivity index (χ3v) is 6.63. The van der Waals surface area contributed by atoms with Crippen LogP contribution < -0.4 is 0 Å². The molecule has 1 heterocycles. The van der Waals surface area contributed by atoms with Gasteiger partial charge in [0, 0.05) is 11.3 Å². The van der Waals surface area contributed by atoms with Gasteiger partial charge in [0.15, 0.2) is 0 Å². The Morgan fingerprint density at radius 1 is 1.23 bits per heavy atom. The normalized spacial score (nSPS) is 29.0. The van der Waals surface area contributed by atoms with Crippen molar-refractivity contribution in [3.05, 3.63) is 35.7 Å². The Kier molecular flexibility index (Phi) is 2.60. The topological polar surface area (TPSA) is 80.2 Å². The molecule has 0 unspecified atom stereocenters. The highest BCUT2D eigenvalue weighted by atomic mass is 32.2. The first-order valence-corrected chi connectivity index (χ1v) is 9.08. The number of aromatic nitrogens is 2. The van der Waals surface area contributed by atoms with Crippen molar-refractivity contribution >= 4 is 21.2 Å². The maximum atomic E-state index is 11.6. The van der Waals surface area contributed by atoms with E-state index >= 15 is 0 Å². The van der Waals surface area contributed by atoms with Gasteiger partial charge in [-0.3, -0.25) is 4.55 Å². The molecule has 1 fully saturated rings. The van der Waals surface area contributed by atoms with E-state index in [1.165, 1.54) is 0 Å². The van der Waals surface area contributed by atoms with Gasteiger partial charge in [-0.25, -0.2) is 9.97 Å². The molecule has 4 rings (SSSR count). The fourth-order valence-corrected chi connectivity index (χ4v) is 5.83. The van der Waals surface area contributed by atoms with Crippen LogP contribution in [0.4, 0.5) is 0 Å². The van der Waals surface area contributed by atoms with Gasteiger partial charge in [0.1, 0.15) is 0 Å². The van der Waals surface area contributed by atoms with Crippen LogP contribution in [0.2, 0.25) is 0 Å². The molecule has 1 saturated carbocycles. The molecule has 2 atom stereocenters. The average molecular weight is 318 g/mol. The predicted molar refractivity (Wildman–Crippen MR) is 83.4 cm³/mol. The van der Waals surface area contributed by atoms with Gasteiger partial charge in [-0.15, -0.1) is 0 Å². The minimum atomic E-state index is -4.09. The average Bonchev–Trinajstić information content (AvgIpc) is 2.76. The predicted octanol–water partition coefficient (Wildman–Crippen LogP) is 2.67. The SMILES string of the molecule is CC1(C)[C@H]2CC[C@]1(CS(=O)(=O)O)c1nc3ccccc3nc12. The van der Waals surface area contributed by atoms with Crippen molar-refractivity contribution in [1.29, 1.82) is 0 Å². The summed E-state index contributed by atoms with van der Waals surface area (Å²) in [5, 5.41) is 0. The molecule has 0 spiro atoms. The lowest BCUT2D eigenvalue weighted by Gasteiger charge is -2.36. The molecular formula is C16H18N2O3S. The Labute approximate surface area is 129 Å². The number of rotatable bonds is 2. The maximum absolute atomic E-state index is 11.6. The molecule has 5 nitrogen and oxygen atoms in total. The number of hydrogen-bond acceptors (Lipinski definition) is 4. The summed E-state index contributed by atoms with van der Waals surface area (Å²) in [5.74, 6) is -0.0786. The Balaban J connectivity index is 2.02. The quantitative estimate of drug-likeness (QED) is 0.861. The van der Waals surface area contributed by atoms with Crippen LogP contribution in [0.5, 0.6) is 0 Å². The number of benzene rings is 1. The van der Waals surface area contributed by atoms with Crippen LogP contribution >= 0.6 is 0 Å². The number of hydrogen-bond donors (Lipinski definition) is 1. The molecule has 2 aliphatic carbocycles. The third kappa shape index (κ3) is 1.65. The zero-order valence-electron chi connectivity index (χ0n) is 12.6. The summed E-state index contributed by atoms with van der Waals surface area (Å²) in [6.07, 6.45) is 1.62. The van der Waals surface area contributed by atoms with Gasteiger partial charge in [-0.05, 0) is 30.4 Å². The zero-order chi connectivity index (χ0) is 15.8. The molecule has 1 aromatic carbocycles. The van der Waals surface area contributed by atoms with Crippen molar-refractivity contribution < 1.29 is 13.0 Å². The van der Waals surface area contributed by atoms with Gasteiger partial charge in [0.05, 0.1) is 28.2 Å². The van der Waals surface area contributed by atoms with Gasteiger partial charge in [-0.1, -0.05) is 26.0 Å². The largest absolute Gasteiger partial charge is 0.286 e. The fraction of sp³-hybridized carbons (Fsp3) is 0.500. The molecule has 2 bridgehead atoms. The van der Waals surface area contributed by atoms with E-state index in [1.807, 2.05) is 24.3 Å². The van der Waals surface area contributed by atoms with Gasteiger partial charge < -0.3 is 0 Å². The van der Waals surface area contributed by atoms with Gasteiger partial charge in [0.25, 0.3) is 10.1 Å². The van der Waals surface area contributed by atoms with Gasteiger partial charge in [-0.2, -0.15) is 8.42 Å². The van der Waals surface area contributed by atoms with Crippen LogP contribution in [0.3, 0.4) is 0 Å². The summed E-state index contributed by atoms with van der Waals surface area (Å²) in [5.41, 5.74) is 2.38. The second-order valence-corrected chi connectivity index (χ2v) is 8.52. The lowest BCUT2D eigenvalue weighted by atomic mass is 9.70. The smallest absolute Gasteiger partial charge is 0.265 e. The second-order valence-electron chi connectivity index (χ2n) is 7.07. The number of nitrogens with zero attached hydrogens (tertiary/aromatic N) is 2. The first kappa shape index (κ1) is 14.1. The minimum absolute atomic E-state index is 0.196. The summed E-state index contributed by atoms with van der Waals surface area (Å²) >= 11 is 0. The zero-order valence-corrected chi connectivity index (χ0v) is 13.4. The molecular weight excluding hydrogens is 300 g/mol. The van der Waals surface area contributed by atoms with E-state index in [1.54, 1.807) is 0 Å². The van der Waals surface area contributed by atoms with E-state index in [0.29, 0.717) is 0 Å². The van der Waals surface area contributed by atoms with Crippen molar-refractivity contribution in [2.24, 2.45) is 5.41 Å². The third-order valence-electron chi connectivity index (χ3n) is 5.77. The minimum Gasteiger partial charge on any atom is -0.286 e. The highest BCUT2D eigenvalue weighted by Crippen LogP contribution is 2.67. The lowest BCUT2D eigenvalue weighted by Crippen LogP contribution is -2.41. The lowest BCUT2D eigenvalue weighted by molar-refractivity contribution is 0.226. The summed E-state index contributed by atoms with van der Waals surface area (Å²) in [6.45, 7) is 4.15. The number of fused-ring (bicyclic) bond motifs is 6. The maximum Gasteiger partial charge on any atom is 0.265 e. The van der Waals surface area contributed by atoms with Crippen molar-refractivity contribution in [3.63, 3.8) is 0 Å². The fourth-order valence-electron chi connectivity index (χ4n) is 4.56. The molecule has 2 aliphatic rings. The van der Waals surface area contributed by atoms with Crippen molar-refractivity contribution in [1.82, 2.24) is 9.97 Å². The van der Waals surface area contributed by atoms with Crippen molar-refractivity contribution in [3.8, 4) is 0 Å². The molecule has 22 heavy (non-hydrogen) atoms. The first-order chi connectivity index (χ1) is 10.2. The summed E-state index contributed by atoms with van der Waals surface area (Å²) in [6, 6.07) is 7.65. The monoisotopic (exact) mass is 318 g/mol. The molecule has 0 amide bonds. The second kappa shape index (κ2) is 4.06. The van der Waals surface area contributed by atoms with Crippen LogP contribution in [0, 0.1) is 5.41 Å². The van der Waals surface area contributed by atoms with Crippen molar-refractivity contribution in [2.45, 2.75) is 38.0 Å². The van der Waals surface area contributed by atoms with Crippen LogP contribution in [0.15, 0.2) is 24.3 Å². The highest BCUT2D eigenvalue weighted by Gasteiger charge is 2.65.